The van der Waals surface area contributed by atoms with E-state index < -0.39 is 5.97 Å². The number of benzene rings is 2. The standard InChI is InChI=1S/C27H28N2O6/c1-33-23-8-4-5-9-24(23)34-19-11-13-20(14-12-19)35-26-15-10-18(17-28-26)16-25(30)29-22-7-3-2-6-21(22)27(31)32/h2-3,6-7,10-15,17,23-24H,4-5,8-9,16H2,1H3,(H,29,30)(H,31,32). The zero-order valence-electron chi connectivity index (χ0n) is 19.5. The van der Waals surface area contributed by atoms with Crippen molar-refractivity contribution in [3.05, 3.63) is 78.0 Å². The first-order valence-corrected chi connectivity index (χ1v) is 11.6. The third kappa shape index (κ3) is 6.58. The van der Waals surface area contributed by atoms with Gasteiger partial charge in [-0.1, -0.05) is 24.6 Å². The topological polar surface area (TPSA) is 107 Å². The largest absolute Gasteiger partial charge is 0.488 e. The van der Waals surface area contributed by atoms with Gasteiger partial charge >= 0.3 is 5.97 Å². The molecule has 3 aromatic rings. The van der Waals surface area contributed by atoms with Crippen molar-refractivity contribution in [3.8, 4) is 17.4 Å². The first kappa shape index (κ1) is 24.2. The summed E-state index contributed by atoms with van der Waals surface area (Å²) in [5.74, 6) is 0.346. The highest BCUT2D eigenvalue weighted by Crippen LogP contribution is 2.28. The van der Waals surface area contributed by atoms with E-state index in [0.29, 0.717) is 17.2 Å². The summed E-state index contributed by atoms with van der Waals surface area (Å²) in [4.78, 5) is 27.9. The van der Waals surface area contributed by atoms with Gasteiger partial charge < -0.3 is 24.6 Å². The quantitative estimate of drug-likeness (QED) is 0.443. The number of hydrogen-bond donors (Lipinski definition) is 2. The highest BCUT2D eigenvalue weighted by molar-refractivity contribution is 6.00. The Kier molecular flexibility index (Phi) is 7.95. The second-order valence-corrected chi connectivity index (χ2v) is 8.37. The van der Waals surface area contributed by atoms with Crippen LogP contribution in [-0.2, 0) is 16.0 Å². The van der Waals surface area contributed by atoms with E-state index in [1.165, 1.54) is 12.5 Å². The van der Waals surface area contributed by atoms with E-state index in [-0.39, 0.29) is 35.8 Å². The lowest BCUT2D eigenvalue weighted by atomic mass is 9.94. The van der Waals surface area contributed by atoms with E-state index in [9.17, 15) is 14.7 Å². The summed E-state index contributed by atoms with van der Waals surface area (Å²) in [6, 6.07) is 17.1. The third-order valence-electron chi connectivity index (χ3n) is 5.87. The number of para-hydroxylation sites is 1. The molecule has 182 valence electrons. The maximum Gasteiger partial charge on any atom is 0.337 e. The molecule has 0 aliphatic heterocycles. The van der Waals surface area contributed by atoms with Crippen LogP contribution in [0.25, 0.3) is 0 Å². The van der Waals surface area contributed by atoms with E-state index >= 15 is 0 Å². The molecular formula is C27H28N2O6. The number of hydrogen-bond acceptors (Lipinski definition) is 6. The number of rotatable bonds is 9. The average Bonchev–Trinajstić information content (AvgIpc) is 2.87. The van der Waals surface area contributed by atoms with Gasteiger partial charge in [0.15, 0.2) is 0 Å². The smallest absolute Gasteiger partial charge is 0.337 e. The summed E-state index contributed by atoms with van der Waals surface area (Å²) in [5.41, 5.74) is 0.967. The minimum Gasteiger partial charge on any atom is -0.488 e. The van der Waals surface area contributed by atoms with Crippen LogP contribution in [0.4, 0.5) is 5.69 Å². The average molecular weight is 477 g/mol. The monoisotopic (exact) mass is 476 g/mol. The number of ether oxygens (including phenoxy) is 3. The molecule has 1 fully saturated rings. The number of anilines is 1. The molecule has 0 spiro atoms. The molecule has 1 aliphatic carbocycles. The highest BCUT2D eigenvalue weighted by atomic mass is 16.5. The number of carboxylic acid groups (broad SMARTS) is 1. The molecular weight excluding hydrogens is 448 g/mol. The Labute approximate surface area is 203 Å². The number of nitrogens with zero attached hydrogens (tertiary/aromatic N) is 1. The number of aromatic nitrogens is 1. The van der Waals surface area contributed by atoms with Crippen LogP contribution in [0.2, 0.25) is 0 Å². The van der Waals surface area contributed by atoms with Crippen molar-refractivity contribution in [3.63, 3.8) is 0 Å². The Balaban J connectivity index is 1.30. The molecule has 0 saturated heterocycles. The van der Waals surface area contributed by atoms with Crippen LogP contribution in [0.5, 0.6) is 17.4 Å². The molecule has 4 rings (SSSR count). The predicted octanol–water partition coefficient (Wildman–Crippen LogP) is 5.09. The van der Waals surface area contributed by atoms with Gasteiger partial charge in [-0.3, -0.25) is 4.79 Å². The minimum atomic E-state index is -1.10. The van der Waals surface area contributed by atoms with Gasteiger partial charge in [0, 0.05) is 19.4 Å². The van der Waals surface area contributed by atoms with Gasteiger partial charge in [0.2, 0.25) is 11.8 Å². The third-order valence-corrected chi connectivity index (χ3v) is 5.87. The summed E-state index contributed by atoms with van der Waals surface area (Å²) in [6.45, 7) is 0. The minimum absolute atomic E-state index is 0.0383. The van der Waals surface area contributed by atoms with Gasteiger partial charge in [-0.2, -0.15) is 0 Å². The van der Waals surface area contributed by atoms with Crippen molar-refractivity contribution in [1.29, 1.82) is 0 Å². The van der Waals surface area contributed by atoms with Crippen molar-refractivity contribution in [2.24, 2.45) is 0 Å². The zero-order chi connectivity index (χ0) is 24.6. The second-order valence-electron chi connectivity index (χ2n) is 8.37. The number of carbonyl (C=O) groups excluding carboxylic acids is 1. The van der Waals surface area contributed by atoms with Crippen molar-refractivity contribution >= 4 is 17.6 Å². The molecule has 8 nitrogen and oxygen atoms in total. The Morgan fingerprint density at radius 1 is 0.971 bits per heavy atom. The number of methoxy groups -OCH3 is 1. The van der Waals surface area contributed by atoms with Gasteiger partial charge in [-0.25, -0.2) is 9.78 Å². The molecule has 2 aromatic carbocycles. The van der Waals surface area contributed by atoms with Crippen molar-refractivity contribution in [2.75, 3.05) is 12.4 Å². The van der Waals surface area contributed by atoms with Crippen LogP contribution in [-0.4, -0.2) is 41.3 Å². The number of nitrogens with one attached hydrogen (secondary N) is 1. The molecule has 1 aliphatic rings. The molecule has 2 unspecified atom stereocenters. The number of carboxylic acids is 1. The van der Waals surface area contributed by atoms with E-state index in [1.807, 2.05) is 24.3 Å². The van der Waals surface area contributed by atoms with Gasteiger partial charge in [0.1, 0.15) is 17.6 Å². The number of amides is 1. The molecule has 35 heavy (non-hydrogen) atoms. The molecule has 2 N–H and O–H groups in total. The molecule has 1 amide bonds. The zero-order valence-corrected chi connectivity index (χ0v) is 19.5. The fourth-order valence-electron chi connectivity index (χ4n) is 4.08. The second kappa shape index (κ2) is 11.5. The Hall–Kier alpha value is -3.91. The van der Waals surface area contributed by atoms with Gasteiger partial charge in [-0.05, 0) is 61.2 Å². The molecule has 0 bridgehead atoms. The summed E-state index contributed by atoms with van der Waals surface area (Å²) in [5, 5.41) is 11.9. The number of aromatic carboxylic acids is 1. The van der Waals surface area contributed by atoms with Crippen LogP contribution < -0.4 is 14.8 Å². The number of pyridine rings is 1. The number of carbonyl (C=O) groups is 2. The summed E-state index contributed by atoms with van der Waals surface area (Å²) < 4.78 is 17.5. The van der Waals surface area contributed by atoms with Gasteiger partial charge in [0.25, 0.3) is 0 Å². The lowest BCUT2D eigenvalue weighted by Gasteiger charge is -2.30. The van der Waals surface area contributed by atoms with Crippen LogP contribution >= 0.6 is 0 Å². The first-order valence-electron chi connectivity index (χ1n) is 11.6. The highest BCUT2D eigenvalue weighted by Gasteiger charge is 2.26. The van der Waals surface area contributed by atoms with Crippen molar-refractivity contribution in [2.45, 2.75) is 44.3 Å². The maximum atomic E-state index is 12.4. The fraction of sp³-hybridized carbons (Fsp3) is 0.296. The van der Waals surface area contributed by atoms with Crippen LogP contribution in [0.3, 0.4) is 0 Å². The van der Waals surface area contributed by atoms with E-state index in [0.717, 1.165) is 25.0 Å². The summed E-state index contributed by atoms with van der Waals surface area (Å²) in [6.07, 6.45) is 6.10. The van der Waals surface area contributed by atoms with Crippen molar-refractivity contribution < 1.29 is 28.9 Å². The molecule has 1 saturated carbocycles. The van der Waals surface area contributed by atoms with Gasteiger partial charge in [0.05, 0.1) is 23.8 Å². The molecule has 0 radical (unpaired) electrons. The lowest BCUT2D eigenvalue weighted by molar-refractivity contribution is -0.115. The molecule has 8 heteroatoms. The Morgan fingerprint density at radius 2 is 1.69 bits per heavy atom. The van der Waals surface area contributed by atoms with Crippen LogP contribution in [0.1, 0.15) is 41.6 Å². The normalized spacial score (nSPS) is 17.4. The molecule has 1 heterocycles. The Bertz CT molecular complexity index is 1150. The van der Waals surface area contributed by atoms with Gasteiger partial charge in [-0.15, -0.1) is 0 Å². The fourth-order valence-corrected chi connectivity index (χ4v) is 4.08. The predicted molar refractivity (Wildman–Crippen MR) is 130 cm³/mol. The summed E-state index contributed by atoms with van der Waals surface area (Å²) >= 11 is 0. The van der Waals surface area contributed by atoms with E-state index in [4.69, 9.17) is 14.2 Å². The van der Waals surface area contributed by atoms with Crippen LogP contribution in [0.15, 0.2) is 66.9 Å². The van der Waals surface area contributed by atoms with Crippen molar-refractivity contribution in [1.82, 2.24) is 4.98 Å². The maximum absolute atomic E-state index is 12.4. The first-order chi connectivity index (χ1) is 17.0. The SMILES string of the molecule is COC1CCCCC1Oc1ccc(Oc2ccc(CC(=O)Nc3ccccc3C(=O)O)cn2)cc1. The summed E-state index contributed by atoms with van der Waals surface area (Å²) in [7, 11) is 1.73. The van der Waals surface area contributed by atoms with Crippen LogP contribution in [0, 0.1) is 0 Å². The van der Waals surface area contributed by atoms with E-state index in [2.05, 4.69) is 10.3 Å². The molecule has 2 atom stereocenters. The molecule has 1 aromatic heterocycles. The lowest BCUT2D eigenvalue weighted by Crippen LogP contribution is -2.36. The Morgan fingerprint density at radius 3 is 2.37 bits per heavy atom. The van der Waals surface area contributed by atoms with E-state index in [1.54, 1.807) is 43.6 Å².